The number of fused-ring (bicyclic) bond motifs is 1. The zero-order valence-electron chi connectivity index (χ0n) is 16.7. The predicted octanol–water partition coefficient (Wildman–Crippen LogP) is 5.09. The number of thiophene rings is 1. The van der Waals surface area contributed by atoms with Crippen LogP contribution in [0.1, 0.15) is 40.9 Å². The molecule has 3 aromatic rings. The number of hydrogen-bond donors (Lipinski definition) is 1. The molecule has 1 aliphatic rings. The third-order valence-electron chi connectivity index (χ3n) is 5.41. The molecule has 2 heterocycles. The highest BCUT2D eigenvalue weighted by atomic mass is 32.1. The summed E-state index contributed by atoms with van der Waals surface area (Å²) in [5.74, 6) is 0.851. The van der Waals surface area contributed by atoms with Crippen LogP contribution in [0.3, 0.4) is 0 Å². The van der Waals surface area contributed by atoms with E-state index < -0.39 is 0 Å². The quantitative estimate of drug-likeness (QED) is 0.528. The lowest BCUT2D eigenvalue weighted by atomic mass is 10.1. The molecule has 0 aliphatic carbocycles. The third-order valence-corrected chi connectivity index (χ3v) is 6.29. The van der Waals surface area contributed by atoms with Crippen LogP contribution in [0.4, 0.5) is 0 Å². The van der Waals surface area contributed by atoms with Gasteiger partial charge in [-0.05, 0) is 78.8 Å². The molecule has 0 radical (unpaired) electrons. The van der Waals surface area contributed by atoms with E-state index in [1.165, 1.54) is 32.4 Å². The first-order chi connectivity index (χ1) is 14.3. The Labute approximate surface area is 176 Å². The maximum atomic E-state index is 12.4. The fourth-order valence-corrected chi connectivity index (χ4v) is 4.44. The number of nitrogens with zero attached hydrogens (tertiary/aromatic N) is 1. The molecule has 1 fully saturated rings. The Kier molecular flexibility index (Phi) is 6.80. The second kappa shape index (κ2) is 9.90. The minimum absolute atomic E-state index is 0.0432. The molecule has 0 unspecified atom stereocenters. The van der Waals surface area contributed by atoms with Gasteiger partial charge in [0.25, 0.3) is 5.91 Å². The van der Waals surface area contributed by atoms with Crippen molar-refractivity contribution in [2.75, 3.05) is 26.2 Å². The van der Waals surface area contributed by atoms with Crippen molar-refractivity contribution < 1.29 is 9.53 Å². The topological polar surface area (TPSA) is 41.6 Å². The highest BCUT2D eigenvalue weighted by Crippen LogP contribution is 2.22. The van der Waals surface area contributed by atoms with E-state index in [1.807, 2.05) is 47.8 Å². The second-order valence-electron chi connectivity index (χ2n) is 7.59. The maximum absolute atomic E-state index is 12.4. The Morgan fingerprint density at radius 1 is 1.03 bits per heavy atom. The number of hydrogen-bond acceptors (Lipinski definition) is 4. The van der Waals surface area contributed by atoms with Gasteiger partial charge in [0, 0.05) is 17.0 Å². The zero-order valence-corrected chi connectivity index (χ0v) is 17.5. The van der Waals surface area contributed by atoms with Crippen LogP contribution in [0.25, 0.3) is 10.8 Å². The van der Waals surface area contributed by atoms with Gasteiger partial charge in [-0.3, -0.25) is 4.79 Å². The molecule has 1 aromatic heterocycles. The first-order valence-corrected chi connectivity index (χ1v) is 11.4. The zero-order chi connectivity index (χ0) is 19.9. The van der Waals surface area contributed by atoms with E-state index in [9.17, 15) is 4.79 Å². The minimum atomic E-state index is -0.0432. The lowest BCUT2D eigenvalue weighted by Crippen LogP contribution is -2.31. The van der Waals surface area contributed by atoms with Crippen LogP contribution in [0.2, 0.25) is 0 Å². The summed E-state index contributed by atoms with van der Waals surface area (Å²) in [5.41, 5.74) is 0.684. The minimum Gasteiger partial charge on any atom is -0.494 e. The van der Waals surface area contributed by atoms with E-state index in [2.05, 4.69) is 16.3 Å². The van der Waals surface area contributed by atoms with E-state index >= 15 is 0 Å². The molecule has 1 N–H and O–H groups in total. The van der Waals surface area contributed by atoms with Gasteiger partial charge in [-0.1, -0.05) is 24.6 Å². The van der Waals surface area contributed by atoms with Crippen molar-refractivity contribution in [1.29, 1.82) is 0 Å². The first kappa shape index (κ1) is 19.9. The molecule has 0 spiro atoms. The molecule has 4 rings (SSSR count). The van der Waals surface area contributed by atoms with Crippen molar-refractivity contribution in [3.63, 3.8) is 0 Å². The SMILES string of the molecule is O=C(NCc1cccs1)c1ccc2cc(OCCCN3CCCCC3)ccc2c1. The van der Waals surface area contributed by atoms with Crippen LogP contribution in [-0.2, 0) is 6.54 Å². The van der Waals surface area contributed by atoms with E-state index in [0.717, 1.165) is 41.0 Å². The summed E-state index contributed by atoms with van der Waals surface area (Å²) in [5, 5.41) is 7.14. The average Bonchev–Trinajstić information content (AvgIpc) is 3.29. The average molecular weight is 409 g/mol. The largest absolute Gasteiger partial charge is 0.494 e. The van der Waals surface area contributed by atoms with Crippen molar-refractivity contribution in [3.05, 3.63) is 64.4 Å². The number of piperidine rings is 1. The van der Waals surface area contributed by atoms with Crippen LogP contribution in [0.5, 0.6) is 5.75 Å². The number of rotatable bonds is 8. The summed E-state index contributed by atoms with van der Waals surface area (Å²) in [4.78, 5) is 16.1. The Balaban J connectivity index is 1.30. The van der Waals surface area contributed by atoms with Gasteiger partial charge < -0.3 is 15.0 Å². The van der Waals surface area contributed by atoms with Gasteiger partial charge in [0.2, 0.25) is 0 Å². The molecule has 5 heteroatoms. The lowest BCUT2D eigenvalue weighted by Gasteiger charge is -2.26. The standard InChI is InChI=1S/C24H28N2O2S/c27-24(25-18-23-6-4-15-29-23)21-8-7-20-17-22(10-9-19(20)16-21)28-14-5-13-26-11-2-1-3-12-26/h4,6-10,15-17H,1-3,5,11-14,18H2,(H,25,27). The van der Waals surface area contributed by atoms with Crippen molar-refractivity contribution in [2.45, 2.75) is 32.2 Å². The number of ether oxygens (including phenoxy) is 1. The third kappa shape index (κ3) is 5.58. The van der Waals surface area contributed by atoms with Crippen LogP contribution in [0.15, 0.2) is 53.9 Å². The normalized spacial score (nSPS) is 14.8. The van der Waals surface area contributed by atoms with Gasteiger partial charge in [-0.2, -0.15) is 0 Å². The van der Waals surface area contributed by atoms with E-state index in [0.29, 0.717) is 12.1 Å². The fraction of sp³-hybridized carbons (Fsp3) is 0.375. The Bertz CT molecular complexity index is 933. The molecule has 0 atom stereocenters. The van der Waals surface area contributed by atoms with Crippen LogP contribution >= 0.6 is 11.3 Å². The summed E-state index contributed by atoms with van der Waals surface area (Å²) in [6, 6.07) is 15.9. The molecule has 4 nitrogen and oxygen atoms in total. The molecule has 2 aromatic carbocycles. The monoisotopic (exact) mass is 408 g/mol. The Hall–Kier alpha value is -2.37. The molecule has 0 saturated carbocycles. The van der Waals surface area contributed by atoms with Gasteiger partial charge in [-0.25, -0.2) is 0 Å². The molecule has 29 heavy (non-hydrogen) atoms. The smallest absolute Gasteiger partial charge is 0.251 e. The number of amides is 1. The summed E-state index contributed by atoms with van der Waals surface area (Å²) in [6.45, 7) is 4.90. The summed E-state index contributed by atoms with van der Waals surface area (Å²) in [7, 11) is 0. The summed E-state index contributed by atoms with van der Waals surface area (Å²) in [6.07, 6.45) is 5.10. The maximum Gasteiger partial charge on any atom is 0.251 e. The van der Waals surface area contributed by atoms with Crippen LogP contribution in [-0.4, -0.2) is 37.0 Å². The summed E-state index contributed by atoms with van der Waals surface area (Å²) >= 11 is 1.65. The number of carbonyl (C=O) groups is 1. The lowest BCUT2D eigenvalue weighted by molar-refractivity contribution is 0.0951. The highest BCUT2D eigenvalue weighted by molar-refractivity contribution is 7.09. The van der Waals surface area contributed by atoms with Crippen molar-refractivity contribution in [1.82, 2.24) is 10.2 Å². The van der Waals surface area contributed by atoms with Crippen molar-refractivity contribution >= 4 is 28.0 Å². The molecular weight excluding hydrogens is 380 g/mol. The van der Waals surface area contributed by atoms with E-state index in [4.69, 9.17) is 4.74 Å². The highest BCUT2D eigenvalue weighted by Gasteiger charge is 2.10. The van der Waals surface area contributed by atoms with Crippen LogP contribution in [0, 0.1) is 0 Å². The number of benzene rings is 2. The molecule has 1 saturated heterocycles. The first-order valence-electron chi connectivity index (χ1n) is 10.5. The molecule has 1 amide bonds. The molecule has 1 aliphatic heterocycles. The van der Waals surface area contributed by atoms with E-state index in [-0.39, 0.29) is 5.91 Å². The van der Waals surface area contributed by atoms with Crippen molar-refractivity contribution in [2.24, 2.45) is 0 Å². The van der Waals surface area contributed by atoms with Gasteiger partial charge in [0.15, 0.2) is 0 Å². The predicted molar refractivity (Wildman–Crippen MR) is 120 cm³/mol. The molecule has 152 valence electrons. The van der Waals surface area contributed by atoms with Gasteiger partial charge in [-0.15, -0.1) is 11.3 Å². The van der Waals surface area contributed by atoms with Gasteiger partial charge in [0.1, 0.15) is 5.75 Å². The molecule has 0 bridgehead atoms. The van der Waals surface area contributed by atoms with Gasteiger partial charge >= 0.3 is 0 Å². The fourth-order valence-electron chi connectivity index (χ4n) is 3.80. The number of carbonyl (C=O) groups excluding carboxylic acids is 1. The Morgan fingerprint density at radius 3 is 2.69 bits per heavy atom. The van der Waals surface area contributed by atoms with Crippen LogP contribution < -0.4 is 10.1 Å². The van der Waals surface area contributed by atoms with Crippen molar-refractivity contribution in [3.8, 4) is 5.75 Å². The Morgan fingerprint density at radius 2 is 1.86 bits per heavy atom. The van der Waals surface area contributed by atoms with Gasteiger partial charge in [0.05, 0.1) is 13.2 Å². The summed E-state index contributed by atoms with van der Waals surface area (Å²) < 4.78 is 5.96. The number of likely N-dealkylation sites (tertiary alicyclic amines) is 1. The van der Waals surface area contributed by atoms with E-state index in [1.54, 1.807) is 11.3 Å². The molecular formula is C24H28N2O2S. The second-order valence-corrected chi connectivity index (χ2v) is 8.62. The number of nitrogens with one attached hydrogen (secondary N) is 1.